The van der Waals surface area contributed by atoms with Crippen molar-refractivity contribution in [2.45, 2.75) is 24.8 Å². The van der Waals surface area contributed by atoms with E-state index in [4.69, 9.17) is 16.3 Å². The van der Waals surface area contributed by atoms with Gasteiger partial charge in [0.1, 0.15) is 11.8 Å². The number of rotatable bonds is 8. The number of amides is 2. The molecule has 3 rings (SSSR count). The number of likely N-dealkylation sites (tertiary alicyclic amines) is 1. The highest BCUT2D eigenvalue weighted by Gasteiger charge is 2.32. The Bertz CT molecular complexity index is 829. The fourth-order valence-corrected chi connectivity index (χ4v) is 4.10. The smallest absolute Gasteiger partial charge is 0.245 e. The number of benzene rings is 2. The minimum Gasteiger partial charge on any atom is -0.497 e. The predicted octanol–water partition coefficient (Wildman–Crippen LogP) is 3.50. The van der Waals surface area contributed by atoms with E-state index >= 15 is 0 Å². The van der Waals surface area contributed by atoms with Crippen LogP contribution in [0.1, 0.15) is 17.5 Å². The first-order chi connectivity index (χ1) is 13.5. The molecule has 1 aliphatic heterocycles. The molecule has 1 atom stereocenters. The Morgan fingerprint density at radius 2 is 2.04 bits per heavy atom. The summed E-state index contributed by atoms with van der Waals surface area (Å²) in [5.74, 6) is 1.67. The van der Waals surface area contributed by atoms with Gasteiger partial charge >= 0.3 is 0 Å². The fraction of sp³-hybridized carbons (Fsp3) is 0.333. The molecule has 28 heavy (non-hydrogen) atoms. The van der Waals surface area contributed by atoms with Crippen LogP contribution in [-0.2, 0) is 21.9 Å². The Morgan fingerprint density at radius 3 is 2.75 bits per heavy atom. The summed E-state index contributed by atoms with van der Waals surface area (Å²) in [6, 6.07) is 14.8. The van der Waals surface area contributed by atoms with Crippen LogP contribution in [0.15, 0.2) is 48.5 Å². The lowest BCUT2D eigenvalue weighted by atomic mass is 10.2. The molecule has 1 saturated heterocycles. The van der Waals surface area contributed by atoms with E-state index in [-0.39, 0.29) is 11.8 Å². The highest BCUT2D eigenvalue weighted by atomic mass is 35.5. The maximum Gasteiger partial charge on any atom is 0.245 e. The van der Waals surface area contributed by atoms with E-state index in [2.05, 4.69) is 5.32 Å². The molecule has 0 spiro atoms. The number of halogens is 1. The first-order valence-electron chi connectivity index (χ1n) is 9.08. The zero-order valence-corrected chi connectivity index (χ0v) is 17.3. The molecule has 148 valence electrons. The van der Waals surface area contributed by atoms with Crippen molar-refractivity contribution in [2.24, 2.45) is 0 Å². The molecule has 2 amide bonds. The standard InChI is InChI=1S/C21H23ClN2O3S/c1-27-18-7-5-15(6-8-18)12-24-10-9-19(21(24)26)23-20(25)14-28-13-16-3-2-4-17(22)11-16/h2-8,11,19H,9-10,12-14H2,1H3,(H,23,25). The van der Waals surface area contributed by atoms with Crippen LogP contribution < -0.4 is 10.1 Å². The summed E-state index contributed by atoms with van der Waals surface area (Å²) in [7, 11) is 1.62. The molecule has 2 aromatic rings. The number of methoxy groups -OCH3 is 1. The van der Waals surface area contributed by atoms with Crippen molar-refractivity contribution in [1.82, 2.24) is 10.2 Å². The predicted molar refractivity (Wildman–Crippen MR) is 113 cm³/mol. The van der Waals surface area contributed by atoms with Gasteiger partial charge in [-0.15, -0.1) is 11.8 Å². The largest absolute Gasteiger partial charge is 0.497 e. The second kappa shape index (κ2) is 9.85. The van der Waals surface area contributed by atoms with Crippen molar-refractivity contribution in [3.05, 3.63) is 64.7 Å². The molecule has 7 heteroatoms. The molecule has 0 aromatic heterocycles. The van der Waals surface area contributed by atoms with Crippen LogP contribution in [0.25, 0.3) is 0 Å². The number of ether oxygens (including phenoxy) is 1. The maximum absolute atomic E-state index is 12.6. The molecule has 5 nitrogen and oxygen atoms in total. The summed E-state index contributed by atoms with van der Waals surface area (Å²) in [6.07, 6.45) is 0.639. The highest BCUT2D eigenvalue weighted by Crippen LogP contribution is 2.19. The summed E-state index contributed by atoms with van der Waals surface area (Å²) >= 11 is 7.47. The number of carbonyl (C=O) groups is 2. The SMILES string of the molecule is COc1ccc(CN2CCC(NC(=O)CSCc3cccc(Cl)c3)C2=O)cc1. The van der Waals surface area contributed by atoms with E-state index in [9.17, 15) is 9.59 Å². The number of hydrogen-bond donors (Lipinski definition) is 1. The molecule has 1 aliphatic rings. The topological polar surface area (TPSA) is 58.6 Å². The van der Waals surface area contributed by atoms with E-state index in [1.807, 2.05) is 48.5 Å². The summed E-state index contributed by atoms with van der Waals surface area (Å²) < 4.78 is 5.15. The molecule has 2 aromatic carbocycles. The molecule has 0 saturated carbocycles. The monoisotopic (exact) mass is 418 g/mol. The Labute approximate surface area is 174 Å². The lowest BCUT2D eigenvalue weighted by Gasteiger charge is -2.17. The van der Waals surface area contributed by atoms with Crippen molar-refractivity contribution in [2.75, 3.05) is 19.4 Å². The van der Waals surface area contributed by atoms with E-state index in [0.717, 1.165) is 16.9 Å². The van der Waals surface area contributed by atoms with Crippen LogP contribution in [0.4, 0.5) is 0 Å². The number of carbonyl (C=O) groups excluding carboxylic acids is 2. The summed E-state index contributed by atoms with van der Waals surface area (Å²) in [6.45, 7) is 1.18. The maximum atomic E-state index is 12.6. The molecule has 1 fully saturated rings. The zero-order valence-electron chi connectivity index (χ0n) is 15.7. The van der Waals surface area contributed by atoms with E-state index in [1.165, 1.54) is 11.8 Å². The van der Waals surface area contributed by atoms with Crippen molar-refractivity contribution in [3.8, 4) is 5.75 Å². The van der Waals surface area contributed by atoms with Gasteiger partial charge in [-0.25, -0.2) is 0 Å². The first-order valence-corrected chi connectivity index (χ1v) is 10.6. The molecule has 0 aliphatic carbocycles. The van der Waals surface area contributed by atoms with Crippen LogP contribution in [-0.4, -0.2) is 42.2 Å². The lowest BCUT2D eigenvalue weighted by Crippen LogP contribution is -2.42. The third-order valence-electron chi connectivity index (χ3n) is 4.56. The average Bonchev–Trinajstić information content (AvgIpc) is 3.02. The van der Waals surface area contributed by atoms with Gasteiger partial charge in [0.05, 0.1) is 12.9 Å². The van der Waals surface area contributed by atoms with Crippen LogP contribution in [0, 0.1) is 0 Å². The van der Waals surface area contributed by atoms with Crippen molar-refractivity contribution in [1.29, 1.82) is 0 Å². The van der Waals surface area contributed by atoms with Gasteiger partial charge in [-0.1, -0.05) is 35.9 Å². The Kier molecular flexibility index (Phi) is 7.23. The van der Waals surface area contributed by atoms with Gasteiger partial charge in [0.2, 0.25) is 11.8 Å². The normalized spacial score (nSPS) is 16.3. The van der Waals surface area contributed by atoms with Gasteiger partial charge in [0.15, 0.2) is 0 Å². The molecule has 1 N–H and O–H groups in total. The Hall–Kier alpha value is -2.18. The quantitative estimate of drug-likeness (QED) is 0.712. The molecule has 0 bridgehead atoms. The van der Waals surface area contributed by atoms with Crippen molar-refractivity contribution in [3.63, 3.8) is 0 Å². The van der Waals surface area contributed by atoms with Crippen molar-refractivity contribution >= 4 is 35.2 Å². The van der Waals surface area contributed by atoms with E-state index < -0.39 is 6.04 Å². The Morgan fingerprint density at radius 1 is 1.25 bits per heavy atom. The molecular weight excluding hydrogens is 396 g/mol. The van der Waals surface area contributed by atoms with Gasteiger partial charge in [-0.2, -0.15) is 0 Å². The fourth-order valence-electron chi connectivity index (χ4n) is 3.11. The van der Waals surface area contributed by atoms with Gasteiger partial charge < -0.3 is 15.0 Å². The molecule has 1 heterocycles. The van der Waals surface area contributed by atoms with E-state index in [0.29, 0.717) is 36.0 Å². The average molecular weight is 419 g/mol. The van der Waals surface area contributed by atoms with Gasteiger partial charge in [-0.05, 0) is 41.8 Å². The number of nitrogens with one attached hydrogen (secondary N) is 1. The molecular formula is C21H23ClN2O3S. The molecule has 0 radical (unpaired) electrons. The summed E-state index contributed by atoms with van der Waals surface area (Å²) in [4.78, 5) is 26.5. The van der Waals surface area contributed by atoms with Gasteiger partial charge in [0, 0.05) is 23.9 Å². The second-order valence-electron chi connectivity index (χ2n) is 6.64. The number of hydrogen-bond acceptors (Lipinski definition) is 4. The van der Waals surface area contributed by atoms with Crippen LogP contribution >= 0.6 is 23.4 Å². The third-order valence-corrected chi connectivity index (χ3v) is 5.79. The summed E-state index contributed by atoms with van der Waals surface area (Å²) in [5, 5.41) is 3.55. The zero-order chi connectivity index (χ0) is 19.9. The molecule has 1 unspecified atom stereocenters. The van der Waals surface area contributed by atoms with E-state index in [1.54, 1.807) is 12.0 Å². The van der Waals surface area contributed by atoms with Gasteiger partial charge in [0.25, 0.3) is 0 Å². The minimum absolute atomic E-state index is 0.0241. The summed E-state index contributed by atoms with van der Waals surface area (Å²) in [5.41, 5.74) is 2.12. The van der Waals surface area contributed by atoms with Crippen LogP contribution in [0.2, 0.25) is 5.02 Å². The number of thioether (sulfide) groups is 1. The Balaban J connectivity index is 1.43. The third kappa shape index (κ3) is 5.66. The highest BCUT2D eigenvalue weighted by molar-refractivity contribution is 7.99. The minimum atomic E-state index is -0.433. The van der Waals surface area contributed by atoms with Crippen molar-refractivity contribution < 1.29 is 14.3 Å². The van der Waals surface area contributed by atoms with Crippen LogP contribution in [0.5, 0.6) is 5.75 Å². The number of nitrogens with zero attached hydrogens (tertiary/aromatic N) is 1. The first kappa shape index (κ1) is 20.6. The second-order valence-corrected chi connectivity index (χ2v) is 8.06. The lowest BCUT2D eigenvalue weighted by molar-refractivity contribution is -0.132. The van der Waals surface area contributed by atoms with Gasteiger partial charge in [-0.3, -0.25) is 9.59 Å². The van der Waals surface area contributed by atoms with Crippen LogP contribution in [0.3, 0.4) is 0 Å².